The minimum atomic E-state index is -3.56. The van der Waals surface area contributed by atoms with Crippen molar-refractivity contribution in [2.24, 2.45) is 5.73 Å². The quantitative estimate of drug-likeness (QED) is 0.806. The average Bonchev–Trinajstić information content (AvgIpc) is 2.94. The third-order valence-corrected chi connectivity index (χ3v) is 5.48. The molecule has 0 fully saturated rings. The van der Waals surface area contributed by atoms with E-state index in [0.717, 1.165) is 0 Å². The Morgan fingerprint density at radius 3 is 2.62 bits per heavy atom. The minimum Gasteiger partial charge on any atom is -0.389 e. The van der Waals surface area contributed by atoms with Crippen LogP contribution in [-0.4, -0.2) is 39.0 Å². The first kappa shape index (κ1) is 14.1. The molecule has 2 aromatic rings. The maximum absolute atomic E-state index is 12.6. The highest BCUT2D eigenvalue weighted by atomic mass is 32.2. The van der Waals surface area contributed by atoms with Crippen LogP contribution in [-0.2, 0) is 23.1 Å². The molecule has 0 bridgehead atoms. The second kappa shape index (κ2) is 5.17. The van der Waals surface area contributed by atoms with Gasteiger partial charge >= 0.3 is 0 Å². The van der Waals surface area contributed by atoms with Gasteiger partial charge in [-0.15, -0.1) is 10.2 Å². The highest BCUT2D eigenvalue weighted by Gasteiger charge is 2.29. The zero-order valence-corrected chi connectivity index (χ0v) is 12.6. The summed E-state index contributed by atoms with van der Waals surface area (Å²) in [5.74, 6) is 0.643. The molecular weight excluding hydrogens is 310 g/mol. The van der Waals surface area contributed by atoms with Gasteiger partial charge in [-0.1, -0.05) is 24.4 Å². The number of thiocarbonyl (C=S) groups is 1. The Kier molecular flexibility index (Phi) is 3.47. The normalized spacial score (nSPS) is 15.6. The number of sulfonamides is 1. The van der Waals surface area contributed by atoms with E-state index >= 15 is 0 Å². The summed E-state index contributed by atoms with van der Waals surface area (Å²) in [6.45, 7) is 1.16. The fourth-order valence-corrected chi connectivity index (χ4v) is 3.71. The van der Waals surface area contributed by atoms with Gasteiger partial charge in [0.2, 0.25) is 10.0 Å². The number of benzene rings is 1. The lowest BCUT2D eigenvalue weighted by atomic mass is 10.2. The molecule has 1 aromatic carbocycles. The van der Waals surface area contributed by atoms with E-state index in [9.17, 15) is 8.42 Å². The molecule has 2 heterocycles. The zero-order valence-electron chi connectivity index (χ0n) is 11.0. The summed E-state index contributed by atoms with van der Waals surface area (Å²) in [5, 5.41) is 7.71. The Balaban J connectivity index is 1.89. The van der Waals surface area contributed by atoms with E-state index in [2.05, 4.69) is 10.2 Å². The maximum atomic E-state index is 12.6. The van der Waals surface area contributed by atoms with E-state index < -0.39 is 10.0 Å². The summed E-state index contributed by atoms with van der Waals surface area (Å²) in [4.78, 5) is 0.459. The highest BCUT2D eigenvalue weighted by Crippen LogP contribution is 2.21. The second-order valence-corrected chi connectivity index (χ2v) is 7.05. The topological polar surface area (TPSA) is 94.1 Å². The molecule has 0 saturated carbocycles. The summed E-state index contributed by atoms with van der Waals surface area (Å²) in [6.07, 6.45) is 1.61. The maximum Gasteiger partial charge on any atom is 0.243 e. The third kappa shape index (κ3) is 2.55. The monoisotopic (exact) mass is 323 g/mol. The van der Waals surface area contributed by atoms with Gasteiger partial charge < -0.3 is 10.3 Å². The van der Waals surface area contributed by atoms with Gasteiger partial charge in [0.15, 0.2) is 0 Å². The summed E-state index contributed by atoms with van der Waals surface area (Å²) in [6, 6.07) is 6.26. The van der Waals surface area contributed by atoms with Crippen molar-refractivity contribution in [3.8, 4) is 0 Å². The van der Waals surface area contributed by atoms with Crippen LogP contribution in [0.5, 0.6) is 0 Å². The number of rotatable bonds is 3. The molecule has 0 saturated heterocycles. The van der Waals surface area contributed by atoms with Crippen molar-refractivity contribution in [3.05, 3.63) is 42.0 Å². The van der Waals surface area contributed by atoms with Crippen LogP contribution >= 0.6 is 12.2 Å². The van der Waals surface area contributed by atoms with E-state index in [4.69, 9.17) is 18.0 Å². The van der Waals surface area contributed by atoms with Crippen LogP contribution in [0, 0.1) is 0 Å². The first-order valence-electron chi connectivity index (χ1n) is 6.25. The average molecular weight is 323 g/mol. The summed E-state index contributed by atoms with van der Waals surface area (Å²) >= 11 is 4.86. The van der Waals surface area contributed by atoms with Gasteiger partial charge in [0.05, 0.1) is 11.4 Å². The van der Waals surface area contributed by atoms with Crippen molar-refractivity contribution in [3.63, 3.8) is 0 Å². The van der Waals surface area contributed by atoms with Crippen molar-refractivity contribution in [2.75, 3.05) is 6.54 Å². The molecule has 1 aliphatic heterocycles. The standard InChI is InChI=1S/C12H13N5O2S2/c13-12(20)9-1-3-10(4-2-9)21(18,19)17-6-5-16-8-14-15-11(16)7-17/h1-4,8H,5-7H2,(H2,13,20). The van der Waals surface area contributed by atoms with Gasteiger partial charge in [0.1, 0.15) is 17.1 Å². The molecule has 9 heteroatoms. The Morgan fingerprint density at radius 1 is 1.24 bits per heavy atom. The van der Waals surface area contributed by atoms with Gasteiger partial charge in [0, 0.05) is 18.7 Å². The molecule has 0 radical (unpaired) electrons. The lowest BCUT2D eigenvalue weighted by Gasteiger charge is -2.26. The van der Waals surface area contributed by atoms with E-state index in [-0.39, 0.29) is 16.4 Å². The van der Waals surface area contributed by atoms with Crippen LogP contribution in [0.2, 0.25) is 0 Å². The molecule has 0 amide bonds. The predicted molar refractivity (Wildman–Crippen MR) is 79.9 cm³/mol. The van der Waals surface area contributed by atoms with Gasteiger partial charge in [-0.25, -0.2) is 8.42 Å². The number of nitrogens with two attached hydrogens (primary N) is 1. The van der Waals surface area contributed by atoms with Crippen molar-refractivity contribution < 1.29 is 8.42 Å². The predicted octanol–water partition coefficient (Wildman–Crippen LogP) is 0.117. The summed E-state index contributed by atoms with van der Waals surface area (Å²) in [7, 11) is -3.56. The lowest BCUT2D eigenvalue weighted by Crippen LogP contribution is -2.38. The molecule has 0 atom stereocenters. The Morgan fingerprint density at radius 2 is 1.95 bits per heavy atom. The smallest absolute Gasteiger partial charge is 0.243 e. The summed E-state index contributed by atoms with van der Waals surface area (Å²) < 4.78 is 28.5. The van der Waals surface area contributed by atoms with E-state index in [1.165, 1.54) is 16.4 Å². The van der Waals surface area contributed by atoms with Gasteiger partial charge in [-0.05, 0) is 12.1 Å². The number of fused-ring (bicyclic) bond motifs is 1. The molecule has 7 nitrogen and oxygen atoms in total. The van der Waals surface area contributed by atoms with Crippen molar-refractivity contribution >= 4 is 27.2 Å². The Bertz CT molecular complexity index is 782. The lowest BCUT2D eigenvalue weighted by molar-refractivity contribution is 0.335. The largest absolute Gasteiger partial charge is 0.389 e. The molecule has 1 aliphatic rings. The SMILES string of the molecule is NC(=S)c1ccc(S(=O)(=O)N2CCn3cnnc3C2)cc1. The molecule has 21 heavy (non-hydrogen) atoms. The number of hydrogen-bond donors (Lipinski definition) is 1. The van der Waals surface area contributed by atoms with Crippen LogP contribution in [0.4, 0.5) is 0 Å². The minimum absolute atomic E-state index is 0.218. The Labute approximate surface area is 127 Å². The van der Waals surface area contributed by atoms with Crippen LogP contribution < -0.4 is 5.73 Å². The molecule has 0 unspecified atom stereocenters. The van der Waals surface area contributed by atoms with Crippen LogP contribution in [0.15, 0.2) is 35.5 Å². The molecule has 0 aliphatic carbocycles. The van der Waals surface area contributed by atoms with Crippen molar-refractivity contribution in [2.45, 2.75) is 18.0 Å². The number of hydrogen-bond acceptors (Lipinski definition) is 5. The van der Waals surface area contributed by atoms with Gasteiger partial charge in [-0.2, -0.15) is 4.31 Å². The summed E-state index contributed by atoms with van der Waals surface area (Å²) in [5.41, 5.74) is 6.15. The van der Waals surface area contributed by atoms with E-state index in [1.54, 1.807) is 18.5 Å². The van der Waals surface area contributed by atoms with E-state index in [1.807, 2.05) is 4.57 Å². The first-order chi connectivity index (χ1) is 9.98. The molecule has 110 valence electrons. The second-order valence-electron chi connectivity index (χ2n) is 4.67. The molecule has 2 N–H and O–H groups in total. The van der Waals surface area contributed by atoms with Crippen LogP contribution in [0.3, 0.4) is 0 Å². The fourth-order valence-electron chi connectivity index (χ4n) is 2.19. The van der Waals surface area contributed by atoms with Crippen molar-refractivity contribution in [1.82, 2.24) is 19.1 Å². The fraction of sp³-hybridized carbons (Fsp3) is 0.250. The van der Waals surface area contributed by atoms with Crippen molar-refractivity contribution in [1.29, 1.82) is 0 Å². The zero-order chi connectivity index (χ0) is 15.0. The molecule has 1 aromatic heterocycles. The van der Waals surface area contributed by atoms with Crippen LogP contribution in [0.25, 0.3) is 0 Å². The van der Waals surface area contributed by atoms with Gasteiger partial charge in [-0.3, -0.25) is 0 Å². The third-order valence-electron chi connectivity index (χ3n) is 3.38. The highest BCUT2D eigenvalue weighted by molar-refractivity contribution is 7.89. The molecular formula is C12H13N5O2S2. The molecule has 0 spiro atoms. The van der Waals surface area contributed by atoms with Crippen LogP contribution in [0.1, 0.15) is 11.4 Å². The van der Waals surface area contributed by atoms with Gasteiger partial charge in [0.25, 0.3) is 0 Å². The number of nitrogens with zero attached hydrogens (tertiary/aromatic N) is 4. The number of aromatic nitrogens is 3. The van der Waals surface area contributed by atoms with E-state index in [0.29, 0.717) is 24.5 Å². The molecule has 3 rings (SSSR count). The first-order valence-corrected chi connectivity index (χ1v) is 8.10. The Hall–Kier alpha value is -1.84.